The minimum atomic E-state index is 0.337. The summed E-state index contributed by atoms with van der Waals surface area (Å²) in [5, 5.41) is 0. The highest BCUT2D eigenvalue weighted by Crippen LogP contribution is 2.17. The lowest BCUT2D eigenvalue weighted by molar-refractivity contribution is 0.158. The van der Waals surface area contributed by atoms with Gasteiger partial charge in [0.25, 0.3) is 0 Å². The molecule has 0 saturated carbocycles. The van der Waals surface area contributed by atoms with Crippen LogP contribution in [-0.4, -0.2) is 37.2 Å². The molecule has 0 radical (unpaired) electrons. The second-order valence-corrected chi connectivity index (χ2v) is 6.18. The summed E-state index contributed by atoms with van der Waals surface area (Å²) >= 11 is 0. The van der Waals surface area contributed by atoms with Gasteiger partial charge in [-0.2, -0.15) is 0 Å². The van der Waals surface area contributed by atoms with Crippen molar-refractivity contribution >= 4 is 0 Å². The SMILES string of the molecule is Cc1ccc(OCCCN2CCC(C)C(N)C2)cc1C. The van der Waals surface area contributed by atoms with E-state index in [0.717, 1.165) is 31.9 Å². The summed E-state index contributed by atoms with van der Waals surface area (Å²) in [5.41, 5.74) is 8.73. The van der Waals surface area contributed by atoms with E-state index < -0.39 is 0 Å². The Morgan fingerprint density at radius 1 is 1.30 bits per heavy atom. The number of nitrogens with two attached hydrogens (primary N) is 1. The first-order chi connectivity index (χ1) is 9.56. The summed E-state index contributed by atoms with van der Waals surface area (Å²) < 4.78 is 5.82. The van der Waals surface area contributed by atoms with Crippen molar-refractivity contribution in [3.05, 3.63) is 29.3 Å². The van der Waals surface area contributed by atoms with Gasteiger partial charge < -0.3 is 15.4 Å². The lowest BCUT2D eigenvalue weighted by Gasteiger charge is -2.34. The zero-order valence-corrected chi connectivity index (χ0v) is 13.1. The first kappa shape index (κ1) is 15.3. The molecule has 0 aromatic heterocycles. The maximum Gasteiger partial charge on any atom is 0.119 e. The minimum Gasteiger partial charge on any atom is -0.494 e. The largest absolute Gasteiger partial charge is 0.494 e. The zero-order valence-electron chi connectivity index (χ0n) is 13.1. The van der Waals surface area contributed by atoms with Crippen molar-refractivity contribution in [2.24, 2.45) is 11.7 Å². The first-order valence-electron chi connectivity index (χ1n) is 7.74. The maximum atomic E-state index is 6.12. The molecule has 1 heterocycles. The van der Waals surface area contributed by atoms with Crippen molar-refractivity contribution in [1.29, 1.82) is 0 Å². The highest BCUT2D eigenvalue weighted by atomic mass is 16.5. The first-order valence-corrected chi connectivity index (χ1v) is 7.74. The van der Waals surface area contributed by atoms with Gasteiger partial charge in [0.2, 0.25) is 0 Å². The highest BCUT2D eigenvalue weighted by molar-refractivity contribution is 5.33. The average Bonchev–Trinajstić information content (AvgIpc) is 2.42. The Bertz CT molecular complexity index is 433. The third-order valence-corrected chi connectivity index (χ3v) is 4.47. The number of nitrogens with zero attached hydrogens (tertiary/aromatic N) is 1. The molecule has 1 saturated heterocycles. The van der Waals surface area contributed by atoms with Crippen molar-refractivity contribution in [1.82, 2.24) is 4.90 Å². The van der Waals surface area contributed by atoms with Crippen LogP contribution in [0.25, 0.3) is 0 Å². The van der Waals surface area contributed by atoms with Gasteiger partial charge in [0.05, 0.1) is 6.61 Å². The van der Waals surface area contributed by atoms with Crippen LogP contribution in [0.3, 0.4) is 0 Å². The summed E-state index contributed by atoms with van der Waals surface area (Å²) in [4.78, 5) is 2.47. The highest BCUT2D eigenvalue weighted by Gasteiger charge is 2.22. The van der Waals surface area contributed by atoms with Crippen LogP contribution in [0.4, 0.5) is 0 Å². The molecule has 0 bridgehead atoms. The van der Waals surface area contributed by atoms with Crippen LogP contribution in [-0.2, 0) is 0 Å². The molecule has 112 valence electrons. The molecule has 3 heteroatoms. The molecule has 1 aromatic rings. The number of benzene rings is 1. The van der Waals surface area contributed by atoms with Gasteiger partial charge in [-0.1, -0.05) is 13.0 Å². The summed E-state index contributed by atoms with van der Waals surface area (Å²) in [7, 11) is 0. The molecule has 1 aromatic carbocycles. The molecule has 0 amide bonds. The third kappa shape index (κ3) is 4.22. The lowest BCUT2D eigenvalue weighted by atomic mass is 9.94. The van der Waals surface area contributed by atoms with Crippen LogP contribution in [0.2, 0.25) is 0 Å². The third-order valence-electron chi connectivity index (χ3n) is 4.47. The standard InChI is InChI=1S/C17H28N2O/c1-13-5-6-16(11-15(13)3)20-10-4-8-19-9-7-14(2)17(18)12-19/h5-6,11,14,17H,4,7-10,12,18H2,1-3H3. The Balaban J connectivity index is 1.67. The summed E-state index contributed by atoms with van der Waals surface area (Å²) in [6.07, 6.45) is 2.28. The van der Waals surface area contributed by atoms with Crippen molar-refractivity contribution in [2.45, 2.75) is 39.7 Å². The molecule has 1 fully saturated rings. The molecule has 2 atom stereocenters. The van der Waals surface area contributed by atoms with E-state index in [2.05, 4.69) is 43.9 Å². The molecular formula is C17H28N2O. The van der Waals surface area contributed by atoms with E-state index in [0.29, 0.717) is 12.0 Å². The van der Waals surface area contributed by atoms with E-state index in [9.17, 15) is 0 Å². The van der Waals surface area contributed by atoms with Crippen LogP contribution in [0.15, 0.2) is 18.2 Å². The van der Waals surface area contributed by atoms with E-state index in [1.807, 2.05) is 0 Å². The molecular weight excluding hydrogens is 248 g/mol. The molecule has 1 aliphatic rings. The lowest BCUT2D eigenvalue weighted by Crippen LogP contribution is -2.47. The van der Waals surface area contributed by atoms with E-state index >= 15 is 0 Å². The fourth-order valence-corrected chi connectivity index (χ4v) is 2.65. The van der Waals surface area contributed by atoms with Crippen LogP contribution in [0.5, 0.6) is 5.75 Å². The second kappa shape index (κ2) is 7.09. The molecule has 2 unspecified atom stereocenters. The van der Waals surface area contributed by atoms with Crippen molar-refractivity contribution < 1.29 is 4.74 Å². The number of piperidine rings is 1. The predicted octanol–water partition coefficient (Wildman–Crippen LogP) is 2.74. The fraction of sp³-hybridized carbons (Fsp3) is 0.647. The number of ether oxygens (including phenoxy) is 1. The van der Waals surface area contributed by atoms with Crippen molar-refractivity contribution in [2.75, 3.05) is 26.2 Å². The minimum absolute atomic E-state index is 0.337. The zero-order chi connectivity index (χ0) is 14.5. The van der Waals surface area contributed by atoms with Gasteiger partial charge in [-0.25, -0.2) is 0 Å². The number of hydrogen-bond donors (Lipinski definition) is 1. The maximum absolute atomic E-state index is 6.12. The summed E-state index contributed by atoms with van der Waals surface area (Å²) in [6, 6.07) is 6.63. The molecule has 0 aliphatic carbocycles. The number of aryl methyl sites for hydroxylation is 2. The quantitative estimate of drug-likeness (QED) is 0.840. The van der Waals surface area contributed by atoms with E-state index in [-0.39, 0.29) is 0 Å². The monoisotopic (exact) mass is 276 g/mol. The Kier molecular flexibility index (Phi) is 5.44. The van der Waals surface area contributed by atoms with E-state index in [1.54, 1.807) is 0 Å². The Morgan fingerprint density at radius 2 is 2.10 bits per heavy atom. The molecule has 3 nitrogen and oxygen atoms in total. The van der Waals surface area contributed by atoms with Crippen LogP contribution in [0.1, 0.15) is 30.9 Å². The van der Waals surface area contributed by atoms with Crippen LogP contribution < -0.4 is 10.5 Å². The van der Waals surface area contributed by atoms with Crippen LogP contribution >= 0.6 is 0 Å². The predicted molar refractivity (Wildman–Crippen MR) is 84.2 cm³/mol. The molecule has 0 spiro atoms. The topological polar surface area (TPSA) is 38.5 Å². The van der Waals surface area contributed by atoms with Crippen molar-refractivity contribution in [3.63, 3.8) is 0 Å². The van der Waals surface area contributed by atoms with Gasteiger partial charge in [-0.3, -0.25) is 0 Å². The van der Waals surface area contributed by atoms with Crippen molar-refractivity contribution in [3.8, 4) is 5.75 Å². The Hall–Kier alpha value is -1.06. The van der Waals surface area contributed by atoms with Gasteiger partial charge >= 0.3 is 0 Å². The van der Waals surface area contributed by atoms with Gasteiger partial charge in [-0.15, -0.1) is 0 Å². The molecule has 20 heavy (non-hydrogen) atoms. The number of hydrogen-bond acceptors (Lipinski definition) is 3. The summed E-state index contributed by atoms with van der Waals surface area (Å²) in [5.74, 6) is 1.65. The Morgan fingerprint density at radius 3 is 2.80 bits per heavy atom. The molecule has 1 aliphatic heterocycles. The summed E-state index contributed by atoms with van der Waals surface area (Å²) in [6.45, 7) is 10.6. The van der Waals surface area contributed by atoms with E-state index in [1.165, 1.54) is 24.1 Å². The number of likely N-dealkylation sites (tertiary alicyclic amines) is 1. The van der Waals surface area contributed by atoms with Gasteiger partial charge in [0.15, 0.2) is 0 Å². The normalized spacial score (nSPS) is 23.8. The average molecular weight is 276 g/mol. The molecule has 2 rings (SSSR count). The van der Waals surface area contributed by atoms with Gasteiger partial charge in [0.1, 0.15) is 5.75 Å². The van der Waals surface area contributed by atoms with E-state index in [4.69, 9.17) is 10.5 Å². The smallest absolute Gasteiger partial charge is 0.119 e. The number of rotatable bonds is 5. The Labute approximate surface area is 123 Å². The fourth-order valence-electron chi connectivity index (χ4n) is 2.65. The molecule has 2 N–H and O–H groups in total. The van der Waals surface area contributed by atoms with Gasteiger partial charge in [-0.05, 0) is 62.4 Å². The van der Waals surface area contributed by atoms with Gasteiger partial charge in [0, 0.05) is 19.1 Å². The van der Waals surface area contributed by atoms with Crippen LogP contribution in [0, 0.1) is 19.8 Å². The second-order valence-electron chi connectivity index (χ2n) is 6.18.